The molecular formula is C52H53N. The predicted molar refractivity (Wildman–Crippen MR) is 231 cm³/mol. The van der Waals surface area contributed by atoms with E-state index in [1.165, 1.54) is 66.5 Å². The van der Waals surface area contributed by atoms with Gasteiger partial charge in [-0.2, -0.15) is 0 Å². The van der Waals surface area contributed by atoms with Gasteiger partial charge in [0.1, 0.15) is 0 Å². The summed E-state index contributed by atoms with van der Waals surface area (Å²) in [6.45, 7) is 20.9. The molecule has 0 saturated carbocycles. The highest BCUT2D eigenvalue weighted by Gasteiger charge is 2.27. The molecule has 0 spiro atoms. The second-order valence-corrected chi connectivity index (χ2v) is 17.5. The van der Waals surface area contributed by atoms with Crippen LogP contribution in [0.5, 0.6) is 0 Å². The number of rotatable bonds is 6. The van der Waals surface area contributed by atoms with Crippen LogP contribution in [0.3, 0.4) is 0 Å². The molecule has 0 atom stereocenters. The lowest BCUT2D eigenvalue weighted by Crippen LogP contribution is -2.20. The number of anilines is 3. The minimum absolute atomic E-state index is 0.00680. The van der Waals surface area contributed by atoms with Gasteiger partial charge in [0.2, 0.25) is 0 Å². The lowest BCUT2D eigenvalue weighted by atomic mass is 9.80. The molecular weight excluding hydrogens is 639 g/mol. The highest BCUT2D eigenvalue weighted by atomic mass is 15.1. The van der Waals surface area contributed by atoms with Gasteiger partial charge in [-0.25, -0.2) is 0 Å². The van der Waals surface area contributed by atoms with Crippen LogP contribution in [-0.2, 0) is 16.2 Å². The zero-order valence-corrected chi connectivity index (χ0v) is 33.0. The Morgan fingerprint density at radius 1 is 0.340 bits per heavy atom. The van der Waals surface area contributed by atoms with Gasteiger partial charge in [-0.15, -0.1) is 0 Å². The molecule has 0 heterocycles. The summed E-state index contributed by atoms with van der Waals surface area (Å²) in [6.07, 6.45) is 0. The molecule has 0 unspecified atom stereocenters. The van der Waals surface area contributed by atoms with Crippen LogP contribution >= 0.6 is 0 Å². The molecule has 1 heteroatoms. The lowest BCUT2D eigenvalue weighted by molar-refractivity contribution is 0.568. The number of benzene rings is 7. The van der Waals surface area contributed by atoms with Gasteiger partial charge in [-0.3, -0.25) is 0 Å². The topological polar surface area (TPSA) is 3.24 Å². The van der Waals surface area contributed by atoms with E-state index in [1.807, 2.05) is 0 Å². The van der Waals surface area contributed by atoms with Crippen molar-refractivity contribution in [1.82, 2.24) is 0 Å². The third kappa shape index (κ3) is 7.31. The maximum Gasteiger partial charge on any atom is 0.0540 e. The quantitative estimate of drug-likeness (QED) is 0.168. The summed E-state index contributed by atoms with van der Waals surface area (Å²) in [5.41, 5.74) is 14.6. The van der Waals surface area contributed by atoms with E-state index in [4.69, 9.17) is 0 Å². The van der Waals surface area contributed by atoms with Crippen LogP contribution in [0.4, 0.5) is 17.1 Å². The van der Waals surface area contributed by atoms with Crippen molar-refractivity contribution in [3.63, 3.8) is 0 Å². The molecule has 0 aromatic heterocycles. The number of nitrogens with zero attached hydrogens (tertiary/aromatic N) is 1. The first-order valence-electron chi connectivity index (χ1n) is 19.0. The van der Waals surface area contributed by atoms with E-state index in [-0.39, 0.29) is 16.2 Å². The monoisotopic (exact) mass is 691 g/mol. The molecule has 7 aromatic carbocycles. The third-order valence-corrected chi connectivity index (χ3v) is 10.5. The van der Waals surface area contributed by atoms with Gasteiger partial charge in [-0.05, 0) is 96.3 Å². The molecule has 0 aliphatic carbocycles. The minimum atomic E-state index is -0.0419. The summed E-state index contributed by atoms with van der Waals surface area (Å²) in [5, 5.41) is 2.49. The minimum Gasteiger partial charge on any atom is -0.309 e. The molecule has 0 bridgehead atoms. The van der Waals surface area contributed by atoms with Gasteiger partial charge >= 0.3 is 0 Å². The Kier molecular flexibility index (Phi) is 9.41. The fourth-order valence-corrected chi connectivity index (χ4v) is 7.38. The van der Waals surface area contributed by atoms with E-state index in [9.17, 15) is 0 Å². The van der Waals surface area contributed by atoms with Gasteiger partial charge in [0.05, 0.1) is 11.4 Å². The second-order valence-electron chi connectivity index (χ2n) is 17.5. The van der Waals surface area contributed by atoms with Crippen LogP contribution < -0.4 is 4.90 Å². The van der Waals surface area contributed by atoms with Crippen molar-refractivity contribution in [3.05, 3.63) is 174 Å². The van der Waals surface area contributed by atoms with E-state index < -0.39 is 0 Å². The maximum absolute atomic E-state index is 2.54. The smallest absolute Gasteiger partial charge is 0.0540 e. The van der Waals surface area contributed by atoms with E-state index >= 15 is 0 Å². The molecule has 0 amide bonds. The third-order valence-electron chi connectivity index (χ3n) is 10.5. The summed E-state index contributed by atoms with van der Waals surface area (Å²) >= 11 is 0. The van der Waals surface area contributed by atoms with E-state index in [2.05, 4.69) is 225 Å². The summed E-state index contributed by atoms with van der Waals surface area (Å²) in [6, 6.07) is 58.6. The number of para-hydroxylation sites is 1. The molecule has 266 valence electrons. The highest BCUT2D eigenvalue weighted by molar-refractivity contribution is 6.09. The molecule has 7 rings (SSSR count). The second kappa shape index (κ2) is 13.9. The lowest BCUT2D eigenvalue weighted by Gasteiger charge is -2.34. The van der Waals surface area contributed by atoms with Crippen LogP contribution in [0.15, 0.2) is 158 Å². The number of hydrogen-bond acceptors (Lipinski definition) is 1. The van der Waals surface area contributed by atoms with Crippen LogP contribution in [0, 0.1) is 0 Å². The first-order valence-corrected chi connectivity index (χ1v) is 19.0. The Hall–Kier alpha value is -5.40. The van der Waals surface area contributed by atoms with Gasteiger partial charge < -0.3 is 4.90 Å². The molecule has 0 radical (unpaired) electrons. The van der Waals surface area contributed by atoms with Gasteiger partial charge in [0.15, 0.2) is 0 Å². The van der Waals surface area contributed by atoms with Crippen molar-refractivity contribution in [3.8, 4) is 33.4 Å². The fraction of sp³-hybridized carbons (Fsp3) is 0.231. The van der Waals surface area contributed by atoms with Crippen molar-refractivity contribution in [2.75, 3.05) is 4.90 Å². The summed E-state index contributed by atoms with van der Waals surface area (Å²) < 4.78 is 0. The largest absolute Gasteiger partial charge is 0.309 e. The first-order chi connectivity index (χ1) is 25.2. The Morgan fingerprint density at radius 3 is 1.38 bits per heavy atom. The molecule has 0 fully saturated rings. The normalized spacial score (nSPS) is 12.2. The maximum atomic E-state index is 2.54. The standard InChI is InChI=1S/C52H53N/c1-50(2,3)39-30-31-48(46(35-39)37-22-14-11-15-23-37)53(42-33-40(51(4,5)6)32-41(34-42)52(7,8)9)47-29-17-16-26-44(47)45-28-19-25-38-24-18-27-43(49(38)45)36-20-12-10-13-21-36/h10-35H,1-9H3. The van der Waals surface area contributed by atoms with E-state index in [1.54, 1.807) is 0 Å². The first kappa shape index (κ1) is 36.0. The van der Waals surface area contributed by atoms with Gasteiger partial charge in [0, 0.05) is 16.8 Å². The van der Waals surface area contributed by atoms with Crippen molar-refractivity contribution < 1.29 is 0 Å². The summed E-state index contributed by atoms with van der Waals surface area (Å²) in [7, 11) is 0. The van der Waals surface area contributed by atoms with Crippen molar-refractivity contribution >= 4 is 27.8 Å². The van der Waals surface area contributed by atoms with E-state index in [0.29, 0.717) is 0 Å². The molecule has 53 heavy (non-hydrogen) atoms. The number of hydrogen-bond donors (Lipinski definition) is 0. The molecule has 0 saturated heterocycles. The SMILES string of the molecule is CC(C)(C)c1cc(N(c2ccc(C(C)(C)C)cc2-c2ccccc2)c2ccccc2-c2cccc3cccc(-c4ccccc4)c23)cc(C(C)(C)C)c1. The molecule has 0 N–H and O–H groups in total. The van der Waals surface area contributed by atoms with Crippen molar-refractivity contribution in [2.45, 2.75) is 78.6 Å². The summed E-state index contributed by atoms with van der Waals surface area (Å²) in [4.78, 5) is 2.54. The Labute approximate surface area is 318 Å². The molecule has 1 nitrogen and oxygen atoms in total. The molecule has 7 aromatic rings. The van der Waals surface area contributed by atoms with Crippen LogP contribution in [0.1, 0.15) is 79.0 Å². The highest BCUT2D eigenvalue weighted by Crippen LogP contribution is 2.49. The van der Waals surface area contributed by atoms with Crippen molar-refractivity contribution in [1.29, 1.82) is 0 Å². The van der Waals surface area contributed by atoms with Crippen molar-refractivity contribution in [2.24, 2.45) is 0 Å². The Morgan fingerprint density at radius 2 is 0.811 bits per heavy atom. The predicted octanol–water partition coefficient (Wildman–Crippen LogP) is 15.2. The zero-order valence-electron chi connectivity index (χ0n) is 33.0. The van der Waals surface area contributed by atoms with Crippen LogP contribution in [0.25, 0.3) is 44.2 Å². The molecule has 0 aliphatic heterocycles. The van der Waals surface area contributed by atoms with Gasteiger partial charge in [0.25, 0.3) is 0 Å². The zero-order chi connectivity index (χ0) is 37.5. The Balaban J connectivity index is 1.60. The number of fused-ring (bicyclic) bond motifs is 1. The van der Waals surface area contributed by atoms with Gasteiger partial charge in [-0.1, -0.05) is 190 Å². The summed E-state index contributed by atoms with van der Waals surface area (Å²) in [5.74, 6) is 0. The fourth-order valence-electron chi connectivity index (χ4n) is 7.38. The van der Waals surface area contributed by atoms with Crippen LogP contribution in [-0.4, -0.2) is 0 Å². The van der Waals surface area contributed by atoms with E-state index in [0.717, 1.165) is 11.4 Å². The average Bonchev–Trinajstić information content (AvgIpc) is 3.14. The van der Waals surface area contributed by atoms with Crippen LogP contribution in [0.2, 0.25) is 0 Å². The average molecular weight is 692 g/mol. The Bertz CT molecular complexity index is 2340. The molecule has 0 aliphatic rings.